The number of carboxylic acid groups (broad SMARTS) is 1. The third kappa shape index (κ3) is 6.36. The average Bonchev–Trinajstić information content (AvgIpc) is 2.69. The highest BCUT2D eigenvalue weighted by Gasteiger charge is 2.22. The van der Waals surface area contributed by atoms with Crippen molar-refractivity contribution in [1.82, 2.24) is 4.90 Å². The molecule has 2 aromatic carbocycles. The van der Waals surface area contributed by atoms with Crippen LogP contribution in [-0.4, -0.2) is 60.3 Å². The molecule has 0 radical (unpaired) electrons. The van der Waals surface area contributed by atoms with E-state index in [-0.39, 0.29) is 11.5 Å². The Morgan fingerprint density at radius 3 is 2.42 bits per heavy atom. The lowest BCUT2D eigenvalue weighted by molar-refractivity contribution is -0.156. The van der Waals surface area contributed by atoms with Crippen LogP contribution in [0, 0.1) is 0 Å². The Balaban J connectivity index is 1.59. The van der Waals surface area contributed by atoms with Gasteiger partial charge in [0, 0.05) is 37.6 Å². The first kappa shape index (κ1) is 22.4. The Morgan fingerprint density at radius 2 is 1.81 bits per heavy atom. The standard InChI is InChI=1S/C23H30N4O4/c1-23(2,3)31-21(28)15-26-9-11-27(12-10-26)18-6-4-5-17(14-18)25-20-8-7-16(22(29)30)13-19(20)24/h4-8,13-14,25H,9-12,15,24H2,1-3H3,(H,29,30). The van der Waals surface area contributed by atoms with Gasteiger partial charge in [0.1, 0.15) is 5.60 Å². The van der Waals surface area contributed by atoms with Gasteiger partial charge < -0.3 is 25.8 Å². The molecule has 2 aromatic rings. The molecule has 166 valence electrons. The van der Waals surface area contributed by atoms with Crippen LogP contribution in [0.25, 0.3) is 0 Å². The van der Waals surface area contributed by atoms with Crippen molar-refractivity contribution in [3.8, 4) is 0 Å². The normalized spacial score (nSPS) is 14.9. The molecule has 0 bridgehead atoms. The molecular weight excluding hydrogens is 396 g/mol. The number of anilines is 4. The summed E-state index contributed by atoms with van der Waals surface area (Å²) >= 11 is 0. The molecule has 0 atom stereocenters. The summed E-state index contributed by atoms with van der Waals surface area (Å²) in [5, 5.41) is 12.3. The van der Waals surface area contributed by atoms with Crippen molar-refractivity contribution < 1.29 is 19.4 Å². The molecule has 0 aromatic heterocycles. The van der Waals surface area contributed by atoms with Crippen LogP contribution in [0.1, 0.15) is 31.1 Å². The molecule has 1 heterocycles. The summed E-state index contributed by atoms with van der Waals surface area (Å²) in [7, 11) is 0. The molecule has 1 aliphatic heterocycles. The van der Waals surface area contributed by atoms with Gasteiger partial charge in [0.05, 0.1) is 23.5 Å². The molecule has 0 aliphatic carbocycles. The SMILES string of the molecule is CC(C)(C)OC(=O)CN1CCN(c2cccc(Nc3ccc(C(=O)O)cc3N)c2)CC1. The fraction of sp³-hybridized carbons (Fsp3) is 0.391. The minimum Gasteiger partial charge on any atom is -0.478 e. The highest BCUT2D eigenvalue weighted by atomic mass is 16.6. The van der Waals surface area contributed by atoms with Crippen molar-refractivity contribution in [3.05, 3.63) is 48.0 Å². The van der Waals surface area contributed by atoms with Crippen LogP contribution in [0.2, 0.25) is 0 Å². The summed E-state index contributed by atoms with van der Waals surface area (Å²) in [4.78, 5) is 27.5. The molecule has 0 unspecified atom stereocenters. The number of ether oxygens (including phenoxy) is 1. The number of nitrogen functional groups attached to an aromatic ring is 1. The number of nitrogens with zero attached hydrogens (tertiary/aromatic N) is 2. The van der Waals surface area contributed by atoms with E-state index >= 15 is 0 Å². The highest BCUT2D eigenvalue weighted by molar-refractivity contribution is 5.91. The topological polar surface area (TPSA) is 108 Å². The Bertz CT molecular complexity index is 947. The van der Waals surface area contributed by atoms with Crippen LogP contribution in [0.3, 0.4) is 0 Å². The van der Waals surface area contributed by atoms with Gasteiger partial charge in [-0.2, -0.15) is 0 Å². The summed E-state index contributed by atoms with van der Waals surface area (Å²) in [6.07, 6.45) is 0. The van der Waals surface area contributed by atoms with E-state index in [9.17, 15) is 9.59 Å². The predicted molar refractivity (Wildman–Crippen MR) is 122 cm³/mol. The first-order valence-corrected chi connectivity index (χ1v) is 10.3. The van der Waals surface area contributed by atoms with Crippen LogP contribution in [-0.2, 0) is 9.53 Å². The van der Waals surface area contributed by atoms with E-state index in [1.807, 2.05) is 45.0 Å². The van der Waals surface area contributed by atoms with E-state index in [4.69, 9.17) is 15.6 Å². The molecule has 8 nitrogen and oxygen atoms in total. The summed E-state index contributed by atoms with van der Waals surface area (Å²) in [5.74, 6) is -1.20. The zero-order valence-corrected chi connectivity index (χ0v) is 18.2. The Hall–Kier alpha value is -3.26. The van der Waals surface area contributed by atoms with E-state index in [0.717, 1.165) is 37.6 Å². The number of piperazine rings is 1. The zero-order valence-electron chi connectivity index (χ0n) is 18.2. The average molecular weight is 427 g/mol. The first-order chi connectivity index (χ1) is 14.6. The van der Waals surface area contributed by atoms with Crippen molar-refractivity contribution in [3.63, 3.8) is 0 Å². The van der Waals surface area contributed by atoms with Crippen LogP contribution in [0.4, 0.5) is 22.7 Å². The van der Waals surface area contributed by atoms with Gasteiger partial charge >= 0.3 is 11.9 Å². The molecular formula is C23H30N4O4. The summed E-state index contributed by atoms with van der Waals surface area (Å²) in [6, 6.07) is 12.6. The highest BCUT2D eigenvalue weighted by Crippen LogP contribution is 2.27. The largest absolute Gasteiger partial charge is 0.478 e. The van der Waals surface area contributed by atoms with Gasteiger partial charge in [0.2, 0.25) is 0 Å². The van der Waals surface area contributed by atoms with Crippen LogP contribution < -0.4 is 16.0 Å². The van der Waals surface area contributed by atoms with Gasteiger partial charge in [0.25, 0.3) is 0 Å². The molecule has 1 saturated heterocycles. The second kappa shape index (κ2) is 9.26. The Kier molecular flexibility index (Phi) is 6.70. The molecule has 1 aliphatic rings. The maximum atomic E-state index is 12.1. The fourth-order valence-corrected chi connectivity index (χ4v) is 3.47. The molecule has 0 saturated carbocycles. The third-order valence-electron chi connectivity index (χ3n) is 4.93. The minimum atomic E-state index is -1.01. The van der Waals surface area contributed by atoms with Gasteiger partial charge in [-0.1, -0.05) is 6.07 Å². The van der Waals surface area contributed by atoms with Crippen LogP contribution in [0.15, 0.2) is 42.5 Å². The maximum Gasteiger partial charge on any atom is 0.335 e. The van der Waals surface area contributed by atoms with Crippen LogP contribution in [0.5, 0.6) is 0 Å². The molecule has 3 rings (SSSR count). The Labute approximate surface area is 182 Å². The van der Waals surface area contributed by atoms with Gasteiger partial charge in [-0.25, -0.2) is 4.79 Å². The lowest BCUT2D eigenvalue weighted by Crippen LogP contribution is -2.48. The van der Waals surface area contributed by atoms with Crippen LogP contribution >= 0.6 is 0 Å². The minimum absolute atomic E-state index is 0.154. The molecule has 4 N–H and O–H groups in total. The number of hydrogen-bond acceptors (Lipinski definition) is 7. The number of carbonyl (C=O) groups is 2. The smallest absolute Gasteiger partial charge is 0.335 e. The van der Waals surface area contributed by atoms with Crippen molar-refractivity contribution >= 4 is 34.7 Å². The second-order valence-electron chi connectivity index (χ2n) is 8.63. The fourth-order valence-electron chi connectivity index (χ4n) is 3.47. The van der Waals surface area contributed by atoms with Gasteiger partial charge in [-0.05, 0) is 57.2 Å². The number of carboxylic acids is 1. The number of hydrogen-bond donors (Lipinski definition) is 3. The van der Waals surface area contributed by atoms with Gasteiger partial charge in [-0.3, -0.25) is 9.69 Å². The first-order valence-electron chi connectivity index (χ1n) is 10.3. The third-order valence-corrected chi connectivity index (χ3v) is 4.93. The van der Waals surface area contributed by atoms with Gasteiger partial charge in [0.15, 0.2) is 0 Å². The number of esters is 1. The lowest BCUT2D eigenvalue weighted by Gasteiger charge is -2.36. The number of nitrogens with two attached hydrogens (primary N) is 1. The molecule has 1 fully saturated rings. The second-order valence-corrected chi connectivity index (χ2v) is 8.63. The number of rotatable bonds is 6. The predicted octanol–water partition coefficient (Wildman–Crippen LogP) is 3.17. The number of aromatic carboxylic acids is 1. The summed E-state index contributed by atoms with van der Waals surface area (Å²) in [5.41, 5.74) is 8.66. The number of carbonyl (C=O) groups excluding carboxylic acids is 1. The number of benzene rings is 2. The van der Waals surface area contributed by atoms with Crippen molar-refractivity contribution in [2.75, 3.05) is 48.7 Å². The summed E-state index contributed by atoms with van der Waals surface area (Å²) < 4.78 is 5.41. The molecule has 31 heavy (non-hydrogen) atoms. The zero-order chi connectivity index (χ0) is 22.6. The molecule has 0 spiro atoms. The van der Waals surface area contributed by atoms with E-state index in [1.165, 1.54) is 12.1 Å². The molecule has 8 heteroatoms. The van der Waals surface area contributed by atoms with E-state index in [1.54, 1.807) is 6.07 Å². The maximum absolute atomic E-state index is 12.1. The van der Waals surface area contributed by atoms with E-state index in [2.05, 4.69) is 15.1 Å². The molecule has 0 amide bonds. The number of nitrogens with one attached hydrogen (secondary N) is 1. The quantitative estimate of drug-likeness (QED) is 0.477. The van der Waals surface area contributed by atoms with Gasteiger partial charge in [-0.15, -0.1) is 0 Å². The van der Waals surface area contributed by atoms with E-state index in [0.29, 0.717) is 17.9 Å². The summed E-state index contributed by atoms with van der Waals surface area (Å²) in [6.45, 7) is 9.09. The monoisotopic (exact) mass is 426 g/mol. The van der Waals surface area contributed by atoms with Crippen molar-refractivity contribution in [1.29, 1.82) is 0 Å². The Morgan fingerprint density at radius 1 is 1.10 bits per heavy atom. The lowest BCUT2D eigenvalue weighted by atomic mass is 10.1. The van der Waals surface area contributed by atoms with Crippen molar-refractivity contribution in [2.24, 2.45) is 0 Å². The van der Waals surface area contributed by atoms with Crippen molar-refractivity contribution in [2.45, 2.75) is 26.4 Å². The van der Waals surface area contributed by atoms with E-state index < -0.39 is 11.6 Å².